The van der Waals surface area contributed by atoms with Crippen molar-refractivity contribution in [1.82, 2.24) is 4.90 Å². The largest absolute Gasteiger partial charge is 0.450 e. The molecule has 0 unspecified atom stereocenters. The third kappa shape index (κ3) is 3.65. The average Bonchev–Trinajstić information content (AvgIpc) is 2.92. The lowest BCUT2D eigenvalue weighted by Crippen LogP contribution is -3.19. The number of rotatable bonds is 3. The Morgan fingerprint density at radius 3 is 2.54 bits per heavy atom. The Labute approximate surface area is 161 Å². The summed E-state index contributed by atoms with van der Waals surface area (Å²) in [5.74, 6) is -0.494. The number of hydrogen-bond acceptors (Lipinski definition) is 4. The minimum Gasteiger partial charge on any atom is -0.450 e. The van der Waals surface area contributed by atoms with E-state index in [0.29, 0.717) is 48.5 Å². The number of anilines is 1. The van der Waals surface area contributed by atoms with E-state index in [0.717, 1.165) is 4.90 Å². The third-order valence-corrected chi connectivity index (χ3v) is 5.47. The summed E-state index contributed by atoms with van der Waals surface area (Å²) in [6, 6.07) is 4.26. The highest BCUT2D eigenvalue weighted by molar-refractivity contribution is 6.42. The summed E-state index contributed by atoms with van der Waals surface area (Å²) in [5.41, 5.74) is 0.432. The molecule has 0 saturated carbocycles. The smallest absolute Gasteiger partial charge is 0.410 e. The maximum Gasteiger partial charge on any atom is 0.410 e. The number of halogens is 2. The Balaban J connectivity index is 1.68. The lowest BCUT2D eigenvalue weighted by molar-refractivity contribution is -0.918. The Hall–Kier alpha value is -1.83. The summed E-state index contributed by atoms with van der Waals surface area (Å²) in [7, 11) is 0. The second kappa shape index (κ2) is 7.82. The van der Waals surface area contributed by atoms with Gasteiger partial charge in [0, 0.05) is 0 Å². The number of amides is 3. The first kappa shape index (κ1) is 18.9. The van der Waals surface area contributed by atoms with Gasteiger partial charge < -0.3 is 9.64 Å². The molecule has 140 valence electrons. The van der Waals surface area contributed by atoms with Crippen LogP contribution >= 0.6 is 23.2 Å². The number of hydrogen-bond donors (Lipinski definition) is 1. The molecule has 3 amide bonds. The Kier molecular flexibility index (Phi) is 5.70. The van der Waals surface area contributed by atoms with Crippen LogP contribution in [0.1, 0.15) is 13.3 Å². The summed E-state index contributed by atoms with van der Waals surface area (Å²) in [6.45, 7) is 4.28. The van der Waals surface area contributed by atoms with Gasteiger partial charge in [-0.05, 0) is 25.1 Å². The van der Waals surface area contributed by atoms with Crippen LogP contribution in [0.4, 0.5) is 10.5 Å². The van der Waals surface area contributed by atoms with Gasteiger partial charge in [0.1, 0.15) is 0 Å². The molecule has 2 aliphatic heterocycles. The van der Waals surface area contributed by atoms with E-state index >= 15 is 0 Å². The first-order valence-corrected chi connectivity index (χ1v) is 9.26. The molecule has 2 fully saturated rings. The van der Waals surface area contributed by atoms with E-state index < -0.39 is 6.04 Å². The van der Waals surface area contributed by atoms with E-state index in [1.165, 1.54) is 11.0 Å². The zero-order valence-electron chi connectivity index (χ0n) is 14.3. The van der Waals surface area contributed by atoms with Gasteiger partial charge in [-0.3, -0.25) is 14.5 Å². The number of carbonyl (C=O) groups is 3. The average molecular weight is 401 g/mol. The summed E-state index contributed by atoms with van der Waals surface area (Å²) in [6.07, 6.45) is -0.189. The van der Waals surface area contributed by atoms with Crippen molar-refractivity contribution < 1.29 is 24.0 Å². The summed E-state index contributed by atoms with van der Waals surface area (Å²) in [5, 5.41) is 0.662. The van der Waals surface area contributed by atoms with E-state index in [-0.39, 0.29) is 24.3 Å². The molecule has 0 bridgehead atoms. The molecule has 7 nitrogen and oxygen atoms in total. The predicted octanol–water partition coefficient (Wildman–Crippen LogP) is 0.982. The highest BCUT2D eigenvalue weighted by Crippen LogP contribution is 2.29. The normalized spacial score (nSPS) is 21.4. The second-order valence-corrected chi connectivity index (χ2v) is 7.08. The van der Waals surface area contributed by atoms with Crippen LogP contribution < -0.4 is 9.80 Å². The second-order valence-electron chi connectivity index (χ2n) is 6.27. The van der Waals surface area contributed by atoms with Crippen molar-refractivity contribution in [3.63, 3.8) is 0 Å². The van der Waals surface area contributed by atoms with E-state index in [2.05, 4.69) is 0 Å². The van der Waals surface area contributed by atoms with Gasteiger partial charge in [0.15, 0.2) is 6.04 Å². The predicted molar refractivity (Wildman–Crippen MR) is 96.7 cm³/mol. The number of imide groups is 1. The minimum atomic E-state index is -0.443. The Morgan fingerprint density at radius 2 is 1.92 bits per heavy atom. The SMILES string of the molecule is CCOC(=O)N1CC[NH+]([C@@H]2CC(=O)N(c3ccc(Cl)c(Cl)c3)C2=O)CC1. The van der Waals surface area contributed by atoms with Crippen molar-refractivity contribution in [2.24, 2.45) is 0 Å². The molecular formula is C17H20Cl2N3O4+. The Morgan fingerprint density at radius 1 is 1.23 bits per heavy atom. The molecule has 0 radical (unpaired) electrons. The molecule has 9 heteroatoms. The number of ether oxygens (including phenoxy) is 1. The maximum atomic E-state index is 12.8. The number of benzene rings is 1. The van der Waals surface area contributed by atoms with Crippen molar-refractivity contribution in [1.29, 1.82) is 0 Å². The van der Waals surface area contributed by atoms with Gasteiger partial charge in [0.05, 0.1) is 54.9 Å². The van der Waals surface area contributed by atoms with Gasteiger partial charge in [-0.1, -0.05) is 23.2 Å². The number of nitrogens with zero attached hydrogens (tertiary/aromatic N) is 2. The van der Waals surface area contributed by atoms with Crippen molar-refractivity contribution in [2.75, 3.05) is 37.7 Å². The molecule has 2 aliphatic rings. The van der Waals surface area contributed by atoms with Crippen LogP contribution in [0.3, 0.4) is 0 Å². The van der Waals surface area contributed by atoms with E-state index in [9.17, 15) is 14.4 Å². The van der Waals surface area contributed by atoms with Crippen molar-refractivity contribution in [3.8, 4) is 0 Å². The van der Waals surface area contributed by atoms with Crippen LogP contribution in [0.15, 0.2) is 18.2 Å². The fourth-order valence-electron chi connectivity index (χ4n) is 3.39. The van der Waals surface area contributed by atoms with Crippen LogP contribution in [0.25, 0.3) is 0 Å². The lowest BCUT2D eigenvalue weighted by atomic mass is 10.2. The monoisotopic (exact) mass is 400 g/mol. The van der Waals surface area contributed by atoms with E-state index in [1.807, 2.05) is 0 Å². The van der Waals surface area contributed by atoms with Crippen LogP contribution in [0.5, 0.6) is 0 Å². The molecule has 1 atom stereocenters. The van der Waals surface area contributed by atoms with Gasteiger partial charge in [-0.25, -0.2) is 9.69 Å². The standard InChI is InChI=1S/C17H19Cl2N3O4/c1-2-26-17(25)21-7-5-20(6-8-21)14-10-15(23)22(16(14)24)11-3-4-12(18)13(19)9-11/h3-4,9,14H,2,5-8,10H2,1H3/p+1/t14-/m1/s1. The van der Waals surface area contributed by atoms with Crippen LogP contribution in [-0.2, 0) is 14.3 Å². The molecular weight excluding hydrogens is 381 g/mol. The molecule has 0 spiro atoms. The molecule has 26 heavy (non-hydrogen) atoms. The van der Waals surface area contributed by atoms with Crippen molar-refractivity contribution in [3.05, 3.63) is 28.2 Å². The number of quaternary nitrogens is 1. The van der Waals surface area contributed by atoms with Crippen LogP contribution in [-0.4, -0.2) is 61.6 Å². The molecule has 2 heterocycles. The van der Waals surface area contributed by atoms with Crippen molar-refractivity contribution in [2.45, 2.75) is 19.4 Å². The topological polar surface area (TPSA) is 71.4 Å². The summed E-state index contributed by atoms with van der Waals surface area (Å²) < 4.78 is 5.00. The fraction of sp³-hybridized carbons (Fsp3) is 0.471. The molecule has 1 aromatic carbocycles. The van der Waals surface area contributed by atoms with E-state index in [4.69, 9.17) is 27.9 Å². The first-order valence-electron chi connectivity index (χ1n) is 8.50. The summed E-state index contributed by atoms with van der Waals surface area (Å²) in [4.78, 5) is 40.9. The molecule has 1 aromatic rings. The van der Waals surface area contributed by atoms with Gasteiger partial charge in [-0.2, -0.15) is 0 Å². The molecule has 0 aromatic heterocycles. The zero-order valence-corrected chi connectivity index (χ0v) is 15.8. The fourth-order valence-corrected chi connectivity index (χ4v) is 3.68. The zero-order chi connectivity index (χ0) is 18.8. The number of nitrogens with one attached hydrogen (secondary N) is 1. The molecule has 1 N–H and O–H groups in total. The highest BCUT2D eigenvalue weighted by atomic mass is 35.5. The van der Waals surface area contributed by atoms with Crippen LogP contribution in [0, 0.1) is 0 Å². The lowest BCUT2D eigenvalue weighted by Gasteiger charge is -2.33. The van der Waals surface area contributed by atoms with E-state index in [1.54, 1.807) is 24.0 Å². The third-order valence-electron chi connectivity index (χ3n) is 4.73. The van der Waals surface area contributed by atoms with Crippen LogP contribution in [0.2, 0.25) is 10.0 Å². The van der Waals surface area contributed by atoms with Gasteiger partial charge >= 0.3 is 6.09 Å². The van der Waals surface area contributed by atoms with Gasteiger partial charge in [0.25, 0.3) is 5.91 Å². The Bertz CT molecular complexity index is 735. The minimum absolute atomic E-state index is 0.147. The maximum absolute atomic E-state index is 12.8. The molecule has 0 aliphatic carbocycles. The number of carbonyl (C=O) groups excluding carboxylic acids is 3. The van der Waals surface area contributed by atoms with Gasteiger partial charge in [0.2, 0.25) is 5.91 Å². The first-order chi connectivity index (χ1) is 12.4. The molecule has 3 rings (SSSR count). The molecule has 2 saturated heterocycles. The summed E-state index contributed by atoms with van der Waals surface area (Å²) >= 11 is 11.9. The van der Waals surface area contributed by atoms with Gasteiger partial charge in [-0.15, -0.1) is 0 Å². The highest BCUT2D eigenvalue weighted by Gasteiger charge is 2.46. The quantitative estimate of drug-likeness (QED) is 0.767. The number of piperazine rings is 1. The van der Waals surface area contributed by atoms with Crippen molar-refractivity contribution >= 4 is 46.8 Å².